The van der Waals surface area contributed by atoms with E-state index in [2.05, 4.69) is 21.7 Å². The van der Waals surface area contributed by atoms with Crippen LogP contribution in [0.15, 0.2) is 30.6 Å². The monoisotopic (exact) mass is 292 g/mol. The lowest BCUT2D eigenvalue weighted by Gasteiger charge is -2.07. The van der Waals surface area contributed by atoms with E-state index in [0.717, 1.165) is 6.07 Å². The summed E-state index contributed by atoms with van der Waals surface area (Å²) in [6.07, 6.45) is 3.14. The highest BCUT2D eigenvalue weighted by Crippen LogP contribution is 2.21. The molecule has 1 aromatic carbocycles. The van der Waals surface area contributed by atoms with Gasteiger partial charge < -0.3 is 9.84 Å². The molecule has 1 aromatic heterocycles. The molecular formula is C14H10F2N2O3. The van der Waals surface area contributed by atoms with Crippen LogP contribution >= 0.6 is 0 Å². The highest BCUT2D eigenvalue weighted by atomic mass is 19.3. The van der Waals surface area contributed by atoms with Gasteiger partial charge in [0.15, 0.2) is 0 Å². The Labute approximate surface area is 118 Å². The molecule has 0 aliphatic carbocycles. The summed E-state index contributed by atoms with van der Waals surface area (Å²) in [7, 11) is 1.71. The second kappa shape index (κ2) is 6.05. The van der Waals surface area contributed by atoms with Gasteiger partial charge in [0.1, 0.15) is 5.75 Å². The first-order valence-electron chi connectivity index (χ1n) is 5.78. The molecule has 5 nitrogen and oxygen atoms in total. The quantitative estimate of drug-likeness (QED) is 0.880. The molecule has 0 radical (unpaired) electrons. The number of rotatable bonds is 3. The van der Waals surface area contributed by atoms with Crippen molar-refractivity contribution in [1.29, 1.82) is 0 Å². The molecule has 0 bridgehead atoms. The van der Waals surface area contributed by atoms with Gasteiger partial charge in [0.25, 0.3) is 0 Å². The standard InChI is InChI=1S/C14H10F2N2O3/c1-18-8-9(7-17-18)2-3-10-6-11(13(19)20)4-5-12(10)21-14(15)16/h4-8,14H,1H3,(H,19,20). The average Bonchev–Trinajstić information content (AvgIpc) is 2.82. The third-order valence-corrected chi connectivity index (χ3v) is 2.49. The first-order chi connectivity index (χ1) is 9.95. The van der Waals surface area contributed by atoms with Gasteiger partial charge in [-0.25, -0.2) is 4.79 Å². The number of carboxylic acid groups (broad SMARTS) is 1. The summed E-state index contributed by atoms with van der Waals surface area (Å²) in [5, 5.41) is 12.8. The molecule has 1 N–H and O–H groups in total. The number of aryl methyl sites for hydroxylation is 1. The largest absolute Gasteiger partial charge is 0.478 e. The molecule has 21 heavy (non-hydrogen) atoms. The van der Waals surface area contributed by atoms with Crippen molar-refractivity contribution in [3.8, 4) is 17.6 Å². The zero-order chi connectivity index (χ0) is 15.4. The number of halogens is 2. The predicted molar refractivity (Wildman–Crippen MR) is 69.2 cm³/mol. The number of hydrogen-bond donors (Lipinski definition) is 1. The minimum absolute atomic E-state index is 0.0629. The maximum Gasteiger partial charge on any atom is 0.387 e. The summed E-state index contributed by atoms with van der Waals surface area (Å²) < 4.78 is 30.5. The Morgan fingerprint density at radius 1 is 1.43 bits per heavy atom. The molecule has 0 aliphatic rings. The van der Waals surface area contributed by atoms with Crippen LogP contribution < -0.4 is 4.74 Å². The number of hydrogen-bond acceptors (Lipinski definition) is 3. The Balaban J connectivity index is 2.40. The fourth-order valence-electron chi connectivity index (χ4n) is 1.58. The van der Waals surface area contributed by atoms with Gasteiger partial charge in [-0.1, -0.05) is 11.8 Å². The van der Waals surface area contributed by atoms with E-state index >= 15 is 0 Å². The molecule has 0 saturated heterocycles. The molecule has 108 valence electrons. The molecular weight excluding hydrogens is 282 g/mol. The zero-order valence-corrected chi connectivity index (χ0v) is 10.9. The van der Waals surface area contributed by atoms with Crippen LogP contribution in [0.5, 0.6) is 5.75 Å². The number of carboxylic acids is 1. The molecule has 7 heteroatoms. The normalized spacial score (nSPS) is 10.1. The average molecular weight is 292 g/mol. The lowest BCUT2D eigenvalue weighted by Crippen LogP contribution is -2.05. The molecule has 2 aromatic rings. The van der Waals surface area contributed by atoms with E-state index in [-0.39, 0.29) is 16.9 Å². The number of ether oxygens (including phenoxy) is 1. The number of nitrogens with zero attached hydrogens (tertiary/aromatic N) is 2. The maximum absolute atomic E-state index is 12.3. The summed E-state index contributed by atoms with van der Waals surface area (Å²) in [4.78, 5) is 10.9. The fourth-order valence-corrected chi connectivity index (χ4v) is 1.58. The van der Waals surface area contributed by atoms with Gasteiger partial charge in [-0.05, 0) is 18.2 Å². The number of alkyl halides is 2. The van der Waals surface area contributed by atoms with Crippen LogP contribution in [0.1, 0.15) is 21.5 Å². The molecule has 0 amide bonds. The molecule has 0 unspecified atom stereocenters. The van der Waals surface area contributed by atoms with Gasteiger partial charge in [-0.2, -0.15) is 13.9 Å². The van der Waals surface area contributed by atoms with Crippen molar-refractivity contribution in [2.75, 3.05) is 0 Å². The minimum atomic E-state index is -3.01. The SMILES string of the molecule is Cn1cc(C#Cc2cc(C(=O)O)ccc2OC(F)F)cn1. The predicted octanol–water partition coefficient (Wildman–Crippen LogP) is 2.12. The van der Waals surface area contributed by atoms with Crippen molar-refractivity contribution in [2.45, 2.75) is 6.61 Å². The van der Waals surface area contributed by atoms with Crippen LogP contribution in [-0.2, 0) is 7.05 Å². The van der Waals surface area contributed by atoms with Crippen LogP contribution in [0.2, 0.25) is 0 Å². The highest BCUT2D eigenvalue weighted by Gasteiger charge is 2.11. The van der Waals surface area contributed by atoms with Crippen LogP contribution in [0.4, 0.5) is 8.78 Å². The van der Waals surface area contributed by atoms with Gasteiger partial charge in [0.2, 0.25) is 0 Å². The highest BCUT2D eigenvalue weighted by molar-refractivity contribution is 5.88. The van der Waals surface area contributed by atoms with Gasteiger partial charge in [-0.15, -0.1) is 0 Å². The van der Waals surface area contributed by atoms with Gasteiger partial charge in [0, 0.05) is 13.2 Å². The van der Waals surface area contributed by atoms with E-state index in [1.807, 2.05) is 0 Å². The second-order valence-corrected chi connectivity index (χ2v) is 4.05. The Morgan fingerprint density at radius 3 is 2.76 bits per heavy atom. The number of aromatic nitrogens is 2. The summed E-state index contributed by atoms with van der Waals surface area (Å²) in [5.41, 5.74) is 0.576. The van der Waals surface area contributed by atoms with Crippen LogP contribution in [0.25, 0.3) is 0 Å². The number of aromatic carboxylic acids is 1. The fraction of sp³-hybridized carbons (Fsp3) is 0.143. The first-order valence-corrected chi connectivity index (χ1v) is 5.78. The van der Waals surface area contributed by atoms with Gasteiger partial charge in [-0.3, -0.25) is 4.68 Å². The Kier molecular flexibility index (Phi) is 4.18. The summed E-state index contributed by atoms with van der Waals surface area (Å²) >= 11 is 0. The lowest BCUT2D eigenvalue weighted by molar-refractivity contribution is -0.0500. The summed E-state index contributed by atoms with van der Waals surface area (Å²) in [5.74, 6) is 3.98. The van der Waals surface area contributed by atoms with Crippen LogP contribution in [0, 0.1) is 11.8 Å². The van der Waals surface area contributed by atoms with Crippen LogP contribution in [-0.4, -0.2) is 27.5 Å². The topological polar surface area (TPSA) is 64.4 Å². The molecule has 2 rings (SSSR count). The van der Waals surface area contributed by atoms with Crippen molar-refractivity contribution in [3.05, 3.63) is 47.3 Å². The van der Waals surface area contributed by atoms with E-state index < -0.39 is 12.6 Å². The Hall–Kier alpha value is -2.88. The lowest BCUT2D eigenvalue weighted by atomic mass is 10.1. The zero-order valence-electron chi connectivity index (χ0n) is 10.9. The van der Waals surface area contributed by atoms with Crippen molar-refractivity contribution < 1.29 is 23.4 Å². The summed E-state index contributed by atoms with van der Waals surface area (Å²) in [6.45, 7) is -3.01. The van der Waals surface area contributed by atoms with Crippen molar-refractivity contribution in [1.82, 2.24) is 9.78 Å². The Bertz CT molecular complexity index is 729. The number of benzene rings is 1. The third-order valence-electron chi connectivity index (χ3n) is 2.49. The minimum Gasteiger partial charge on any atom is -0.478 e. The van der Waals surface area contributed by atoms with Crippen molar-refractivity contribution in [2.24, 2.45) is 7.05 Å². The van der Waals surface area contributed by atoms with E-state index in [1.165, 1.54) is 23.0 Å². The second-order valence-electron chi connectivity index (χ2n) is 4.05. The van der Waals surface area contributed by atoms with E-state index in [4.69, 9.17) is 5.11 Å². The maximum atomic E-state index is 12.3. The van der Waals surface area contributed by atoms with Gasteiger partial charge in [0.05, 0.1) is 22.9 Å². The molecule has 0 spiro atoms. The molecule has 1 heterocycles. The van der Waals surface area contributed by atoms with Crippen molar-refractivity contribution in [3.63, 3.8) is 0 Å². The molecule has 0 saturated carbocycles. The number of carbonyl (C=O) groups is 1. The molecule has 0 aliphatic heterocycles. The molecule has 0 atom stereocenters. The van der Waals surface area contributed by atoms with Gasteiger partial charge >= 0.3 is 12.6 Å². The van der Waals surface area contributed by atoms with E-state index in [0.29, 0.717) is 5.56 Å². The third kappa shape index (κ3) is 3.79. The Morgan fingerprint density at radius 2 is 2.19 bits per heavy atom. The van der Waals surface area contributed by atoms with E-state index in [1.54, 1.807) is 13.2 Å². The van der Waals surface area contributed by atoms with Crippen molar-refractivity contribution >= 4 is 5.97 Å². The van der Waals surface area contributed by atoms with E-state index in [9.17, 15) is 13.6 Å². The first kappa shape index (κ1) is 14.5. The summed E-state index contributed by atoms with van der Waals surface area (Å²) in [6, 6.07) is 3.52. The molecule has 0 fully saturated rings. The smallest absolute Gasteiger partial charge is 0.387 e. The van der Waals surface area contributed by atoms with Crippen LogP contribution in [0.3, 0.4) is 0 Å².